The van der Waals surface area contributed by atoms with Crippen molar-refractivity contribution in [2.24, 2.45) is 0 Å². The highest BCUT2D eigenvalue weighted by Gasteiger charge is 2.15. The standard InChI is InChI=1S/C31H20ClN/c32-25-17-14-22(15-18-25)26-12-7-13-28-30(26)27-19-16-24(21-8-3-1-4-9-21)20-29(27)33-31(28)23-10-5-2-6-11-23/h1-20H. The van der Waals surface area contributed by atoms with Crippen LogP contribution < -0.4 is 0 Å². The van der Waals surface area contributed by atoms with Gasteiger partial charge in [-0.3, -0.25) is 0 Å². The number of benzene rings is 5. The smallest absolute Gasteiger partial charge is 0.0788 e. The van der Waals surface area contributed by atoms with E-state index in [1.165, 1.54) is 16.5 Å². The van der Waals surface area contributed by atoms with Gasteiger partial charge in [-0.2, -0.15) is 0 Å². The molecule has 0 fully saturated rings. The molecule has 1 nitrogen and oxygen atoms in total. The number of fused-ring (bicyclic) bond motifs is 3. The van der Waals surface area contributed by atoms with E-state index in [2.05, 4.69) is 97.1 Å². The fourth-order valence-electron chi connectivity index (χ4n) is 4.55. The van der Waals surface area contributed by atoms with Crippen molar-refractivity contribution in [3.8, 4) is 33.5 Å². The number of pyridine rings is 1. The molecule has 33 heavy (non-hydrogen) atoms. The molecule has 6 rings (SSSR count). The van der Waals surface area contributed by atoms with Crippen LogP contribution in [0.15, 0.2) is 121 Å². The van der Waals surface area contributed by atoms with Gasteiger partial charge in [0.25, 0.3) is 0 Å². The summed E-state index contributed by atoms with van der Waals surface area (Å²) < 4.78 is 0. The third-order valence-electron chi connectivity index (χ3n) is 6.13. The van der Waals surface area contributed by atoms with Crippen molar-refractivity contribution in [2.45, 2.75) is 0 Å². The molecule has 0 saturated carbocycles. The van der Waals surface area contributed by atoms with Gasteiger partial charge in [0.1, 0.15) is 0 Å². The second-order valence-corrected chi connectivity index (χ2v) is 8.60. The van der Waals surface area contributed by atoms with Gasteiger partial charge in [0.15, 0.2) is 0 Å². The van der Waals surface area contributed by atoms with Crippen molar-refractivity contribution >= 4 is 33.3 Å². The Labute approximate surface area is 197 Å². The predicted molar refractivity (Wildman–Crippen MR) is 141 cm³/mol. The van der Waals surface area contributed by atoms with Crippen LogP contribution in [0.5, 0.6) is 0 Å². The van der Waals surface area contributed by atoms with E-state index in [1.54, 1.807) is 0 Å². The molecule has 0 aliphatic carbocycles. The van der Waals surface area contributed by atoms with Crippen LogP contribution in [0.3, 0.4) is 0 Å². The summed E-state index contributed by atoms with van der Waals surface area (Å²) in [5.74, 6) is 0. The van der Waals surface area contributed by atoms with Gasteiger partial charge in [-0.15, -0.1) is 0 Å². The summed E-state index contributed by atoms with van der Waals surface area (Å²) in [5, 5.41) is 4.25. The summed E-state index contributed by atoms with van der Waals surface area (Å²) in [7, 11) is 0. The van der Waals surface area contributed by atoms with E-state index in [9.17, 15) is 0 Å². The van der Waals surface area contributed by atoms with E-state index in [1.807, 2.05) is 24.3 Å². The molecule has 0 atom stereocenters. The molecule has 1 aromatic heterocycles. The highest BCUT2D eigenvalue weighted by molar-refractivity contribution is 6.30. The molecule has 5 aromatic carbocycles. The average Bonchev–Trinajstić information content (AvgIpc) is 2.89. The van der Waals surface area contributed by atoms with Crippen LogP contribution in [0.4, 0.5) is 0 Å². The van der Waals surface area contributed by atoms with Crippen LogP contribution in [0.1, 0.15) is 0 Å². The number of halogens is 1. The summed E-state index contributed by atoms with van der Waals surface area (Å²) in [4.78, 5) is 5.19. The van der Waals surface area contributed by atoms with E-state index in [4.69, 9.17) is 16.6 Å². The van der Waals surface area contributed by atoms with Crippen LogP contribution in [0.25, 0.3) is 55.2 Å². The molecule has 6 aromatic rings. The van der Waals surface area contributed by atoms with E-state index in [-0.39, 0.29) is 0 Å². The normalized spacial score (nSPS) is 11.2. The zero-order valence-corrected chi connectivity index (χ0v) is 18.6. The fourth-order valence-corrected chi connectivity index (χ4v) is 4.68. The van der Waals surface area contributed by atoms with Gasteiger partial charge in [-0.25, -0.2) is 4.98 Å². The van der Waals surface area contributed by atoms with E-state index < -0.39 is 0 Å². The minimum Gasteiger partial charge on any atom is -0.247 e. The Morgan fingerprint density at radius 3 is 1.88 bits per heavy atom. The molecule has 0 N–H and O–H groups in total. The Hall–Kier alpha value is -3.94. The first-order valence-electron chi connectivity index (χ1n) is 11.0. The molecule has 0 bridgehead atoms. The fraction of sp³-hybridized carbons (Fsp3) is 0. The zero-order valence-electron chi connectivity index (χ0n) is 17.9. The Morgan fingerprint density at radius 2 is 1.15 bits per heavy atom. The second kappa shape index (κ2) is 8.20. The lowest BCUT2D eigenvalue weighted by atomic mass is 9.92. The van der Waals surface area contributed by atoms with E-state index in [0.717, 1.165) is 43.7 Å². The summed E-state index contributed by atoms with van der Waals surface area (Å²) in [6.07, 6.45) is 0. The van der Waals surface area contributed by atoms with Gasteiger partial charge >= 0.3 is 0 Å². The maximum Gasteiger partial charge on any atom is 0.0788 e. The lowest BCUT2D eigenvalue weighted by Gasteiger charge is -2.15. The Bertz CT molecular complexity index is 1590. The van der Waals surface area contributed by atoms with Crippen LogP contribution in [0.2, 0.25) is 5.02 Å². The highest BCUT2D eigenvalue weighted by Crippen LogP contribution is 2.39. The van der Waals surface area contributed by atoms with Crippen molar-refractivity contribution in [1.29, 1.82) is 0 Å². The maximum absolute atomic E-state index is 6.18. The Kier molecular flexibility index (Phi) is 4.90. The number of aromatic nitrogens is 1. The first kappa shape index (κ1) is 19.7. The molecule has 1 heterocycles. The van der Waals surface area contributed by atoms with Crippen molar-refractivity contribution in [2.75, 3.05) is 0 Å². The molecule has 0 amide bonds. The second-order valence-electron chi connectivity index (χ2n) is 8.16. The van der Waals surface area contributed by atoms with Crippen LogP contribution in [0, 0.1) is 0 Å². The molecule has 0 aliphatic heterocycles. The zero-order chi connectivity index (χ0) is 22.2. The highest BCUT2D eigenvalue weighted by atomic mass is 35.5. The number of hydrogen-bond acceptors (Lipinski definition) is 1. The molecule has 0 spiro atoms. The van der Waals surface area contributed by atoms with Crippen LogP contribution in [-0.2, 0) is 0 Å². The monoisotopic (exact) mass is 441 g/mol. The molecule has 0 unspecified atom stereocenters. The van der Waals surface area contributed by atoms with Gasteiger partial charge in [0.2, 0.25) is 0 Å². The van der Waals surface area contributed by atoms with Crippen LogP contribution in [-0.4, -0.2) is 4.98 Å². The van der Waals surface area contributed by atoms with Crippen LogP contribution >= 0.6 is 11.6 Å². The molecule has 2 heteroatoms. The maximum atomic E-state index is 6.18. The molecule has 156 valence electrons. The molecular formula is C31H20ClN. The Balaban J connectivity index is 1.71. The lowest BCUT2D eigenvalue weighted by molar-refractivity contribution is 1.42. The van der Waals surface area contributed by atoms with Gasteiger partial charge < -0.3 is 0 Å². The minimum absolute atomic E-state index is 0.739. The van der Waals surface area contributed by atoms with Gasteiger partial charge in [0.05, 0.1) is 11.2 Å². The van der Waals surface area contributed by atoms with E-state index >= 15 is 0 Å². The van der Waals surface area contributed by atoms with Crippen molar-refractivity contribution in [3.05, 3.63) is 126 Å². The third kappa shape index (κ3) is 3.57. The van der Waals surface area contributed by atoms with Crippen molar-refractivity contribution < 1.29 is 0 Å². The molecule has 0 radical (unpaired) electrons. The van der Waals surface area contributed by atoms with Crippen molar-refractivity contribution in [1.82, 2.24) is 4.98 Å². The number of hydrogen-bond donors (Lipinski definition) is 0. The summed E-state index contributed by atoms with van der Waals surface area (Å²) in [6, 6.07) is 42.0. The number of nitrogens with zero attached hydrogens (tertiary/aromatic N) is 1. The van der Waals surface area contributed by atoms with E-state index in [0.29, 0.717) is 0 Å². The van der Waals surface area contributed by atoms with Crippen molar-refractivity contribution in [3.63, 3.8) is 0 Å². The molecule has 0 aliphatic rings. The van der Waals surface area contributed by atoms with Gasteiger partial charge in [-0.05, 0) is 40.5 Å². The first-order valence-corrected chi connectivity index (χ1v) is 11.4. The van der Waals surface area contributed by atoms with Gasteiger partial charge in [-0.1, -0.05) is 115 Å². The quantitative estimate of drug-likeness (QED) is 0.249. The lowest BCUT2D eigenvalue weighted by Crippen LogP contribution is -1.92. The largest absolute Gasteiger partial charge is 0.247 e. The predicted octanol–water partition coefficient (Wildman–Crippen LogP) is 9.04. The van der Waals surface area contributed by atoms with Gasteiger partial charge in [0, 0.05) is 26.7 Å². The SMILES string of the molecule is Clc1ccc(-c2cccc3c(-c4ccccc4)nc4cc(-c5ccccc5)ccc4c23)cc1. The summed E-state index contributed by atoms with van der Waals surface area (Å²) in [5.41, 5.74) is 7.78. The molecular weight excluding hydrogens is 422 g/mol. The topological polar surface area (TPSA) is 12.9 Å². The summed E-state index contributed by atoms with van der Waals surface area (Å²) in [6.45, 7) is 0. The number of rotatable bonds is 3. The molecule has 0 saturated heterocycles. The average molecular weight is 442 g/mol. The minimum atomic E-state index is 0.739. The Morgan fingerprint density at radius 1 is 0.485 bits per heavy atom. The first-order chi connectivity index (χ1) is 16.3. The summed E-state index contributed by atoms with van der Waals surface area (Å²) >= 11 is 6.18. The third-order valence-corrected chi connectivity index (χ3v) is 6.38.